The number of allylic oxidation sites excluding steroid dienone is 1. The molecule has 162 valence electrons. The maximum Gasteiger partial charge on any atom is 0.416 e. The van der Waals surface area contributed by atoms with E-state index in [0.717, 1.165) is 37.8 Å². The van der Waals surface area contributed by atoms with Crippen LogP contribution >= 0.6 is 0 Å². The van der Waals surface area contributed by atoms with Gasteiger partial charge in [-0.3, -0.25) is 0 Å². The molecule has 2 aliphatic heterocycles. The van der Waals surface area contributed by atoms with Gasteiger partial charge in [-0.2, -0.15) is 13.2 Å². The first kappa shape index (κ1) is 22.3. The summed E-state index contributed by atoms with van der Waals surface area (Å²) in [6.45, 7) is 4.51. The number of benzene rings is 1. The van der Waals surface area contributed by atoms with E-state index in [9.17, 15) is 13.2 Å². The summed E-state index contributed by atoms with van der Waals surface area (Å²) in [4.78, 5) is 0. The first-order valence-corrected chi connectivity index (χ1v) is 10.3. The Morgan fingerprint density at radius 1 is 0.931 bits per heavy atom. The summed E-state index contributed by atoms with van der Waals surface area (Å²) in [5.74, 6) is 0.540. The highest BCUT2D eigenvalue weighted by Gasteiger charge is 2.31. The van der Waals surface area contributed by atoms with Gasteiger partial charge in [0.15, 0.2) is 12.6 Å². The van der Waals surface area contributed by atoms with Crippen LogP contribution in [0.1, 0.15) is 50.0 Å². The molecular weight excluding hydrogens is 385 g/mol. The molecular formula is C22H29F3O4. The van der Waals surface area contributed by atoms with Crippen molar-refractivity contribution in [1.29, 1.82) is 0 Å². The Balaban J connectivity index is 1.35. The highest BCUT2D eigenvalue weighted by Crippen LogP contribution is 2.32. The van der Waals surface area contributed by atoms with Crippen molar-refractivity contribution in [3.8, 4) is 0 Å². The molecule has 0 unspecified atom stereocenters. The number of alkyl halides is 3. The molecule has 29 heavy (non-hydrogen) atoms. The third-order valence-electron chi connectivity index (χ3n) is 5.14. The van der Waals surface area contributed by atoms with Gasteiger partial charge in [0, 0.05) is 17.4 Å². The molecule has 2 heterocycles. The first-order valence-electron chi connectivity index (χ1n) is 10.3. The third kappa shape index (κ3) is 6.81. The number of hydrogen-bond acceptors (Lipinski definition) is 4. The standard InChI is InChI=1S/C22H29F3O4/c1-2-3-4-5-16-12-26-20(27-13-16)11-6-17-14-28-21(29-15-17)18-7-9-19(10-8-18)22(23,24)25/h4-5,7-10,16-17,20-21H,2-3,6,11-15H2,1H3/b5-4+. The number of hydrogen-bond donors (Lipinski definition) is 0. The fraction of sp³-hybridized carbons (Fsp3) is 0.636. The molecule has 1 aromatic carbocycles. The molecule has 7 heteroatoms. The molecule has 1 aromatic rings. The van der Waals surface area contributed by atoms with Crippen molar-refractivity contribution < 1.29 is 32.1 Å². The normalized spacial score (nSPS) is 28.7. The molecule has 2 fully saturated rings. The van der Waals surface area contributed by atoms with Crippen LogP contribution in [0.15, 0.2) is 36.4 Å². The third-order valence-corrected chi connectivity index (χ3v) is 5.14. The van der Waals surface area contributed by atoms with E-state index in [1.54, 1.807) is 0 Å². The van der Waals surface area contributed by atoms with E-state index in [2.05, 4.69) is 19.1 Å². The molecule has 2 aliphatic rings. The second-order valence-corrected chi connectivity index (χ2v) is 7.63. The Labute approximate surface area is 170 Å². The van der Waals surface area contributed by atoms with Crippen LogP contribution in [0, 0.1) is 11.8 Å². The number of halogens is 3. The van der Waals surface area contributed by atoms with Crippen LogP contribution in [-0.4, -0.2) is 32.7 Å². The van der Waals surface area contributed by atoms with Crippen LogP contribution in [0.4, 0.5) is 13.2 Å². The van der Waals surface area contributed by atoms with Crippen molar-refractivity contribution >= 4 is 0 Å². The number of unbranched alkanes of at least 4 members (excludes halogenated alkanes) is 1. The molecule has 0 radical (unpaired) electrons. The summed E-state index contributed by atoms with van der Waals surface area (Å²) >= 11 is 0. The van der Waals surface area contributed by atoms with Gasteiger partial charge in [0.2, 0.25) is 0 Å². The van der Waals surface area contributed by atoms with E-state index in [1.165, 1.54) is 12.1 Å². The van der Waals surface area contributed by atoms with Gasteiger partial charge in [0.25, 0.3) is 0 Å². The fourth-order valence-electron chi connectivity index (χ4n) is 3.39. The molecule has 3 rings (SSSR count). The molecule has 0 amide bonds. The quantitative estimate of drug-likeness (QED) is 0.553. The second-order valence-electron chi connectivity index (χ2n) is 7.63. The zero-order valence-corrected chi connectivity index (χ0v) is 16.7. The van der Waals surface area contributed by atoms with Gasteiger partial charge in [-0.15, -0.1) is 0 Å². The van der Waals surface area contributed by atoms with Crippen LogP contribution in [-0.2, 0) is 25.1 Å². The fourth-order valence-corrected chi connectivity index (χ4v) is 3.39. The lowest BCUT2D eigenvalue weighted by molar-refractivity contribution is -0.217. The first-order chi connectivity index (χ1) is 14.0. The molecule has 0 aliphatic carbocycles. The molecule has 0 aromatic heterocycles. The highest BCUT2D eigenvalue weighted by atomic mass is 19.4. The zero-order chi connectivity index (χ0) is 20.7. The van der Waals surface area contributed by atoms with Gasteiger partial charge in [-0.25, -0.2) is 0 Å². The van der Waals surface area contributed by atoms with Gasteiger partial charge in [-0.1, -0.05) is 37.6 Å². The van der Waals surface area contributed by atoms with Gasteiger partial charge in [0.05, 0.1) is 32.0 Å². The summed E-state index contributed by atoms with van der Waals surface area (Å²) in [5, 5.41) is 0. The van der Waals surface area contributed by atoms with E-state index >= 15 is 0 Å². The van der Waals surface area contributed by atoms with E-state index in [-0.39, 0.29) is 12.2 Å². The summed E-state index contributed by atoms with van der Waals surface area (Å²) in [7, 11) is 0. The predicted octanol–water partition coefficient (Wildman–Crippen LogP) is 5.49. The minimum absolute atomic E-state index is 0.196. The monoisotopic (exact) mass is 414 g/mol. The zero-order valence-electron chi connectivity index (χ0n) is 16.7. The van der Waals surface area contributed by atoms with Crippen molar-refractivity contribution in [1.82, 2.24) is 0 Å². The van der Waals surface area contributed by atoms with Crippen molar-refractivity contribution in [2.45, 2.75) is 51.4 Å². The van der Waals surface area contributed by atoms with Gasteiger partial charge in [0.1, 0.15) is 0 Å². The van der Waals surface area contributed by atoms with Gasteiger partial charge in [-0.05, 0) is 31.4 Å². The van der Waals surface area contributed by atoms with Crippen molar-refractivity contribution in [3.63, 3.8) is 0 Å². The summed E-state index contributed by atoms with van der Waals surface area (Å²) in [6, 6.07) is 4.92. The van der Waals surface area contributed by atoms with Crippen LogP contribution in [0.3, 0.4) is 0 Å². The van der Waals surface area contributed by atoms with E-state index < -0.39 is 18.0 Å². The topological polar surface area (TPSA) is 36.9 Å². The summed E-state index contributed by atoms with van der Waals surface area (Å²) in [5.41, 5.74) is -0.0805. The molecule has 4 nitrogen and oxygen atoms in total. The molecule has 0 atom stereocenters. The Kier molecular flexibility index (Phi) is 8.12. The maximum atomic E-state index is 12.7. The Bertz CT molecular complexity index is 628. The highest BCUT2D eigenvalue weighted by molar-refractivity contribution is 5.25. The van der Waals surface area contributed by atoms with E-state index in [1.807, 2.05) is 0 Å². The molecule has 0 bridgehead atoms. The molecule has 0 saturated carbocycles. The average Bonchev–Trinajstić information content (AvgIpc) is 2.73. The van der Waals surface area contributed by atoms with Gasteiger partial charge < -0.3 is 18.9 Å². The van der Waals surface area contributed by atoms with Crippen molar-refractivity contribution in [2.75, 3.05) is 26.4 Å². The minimum Gasteiger partial charge on any atom is -0.352 e. The van der Waals surface area contributed by atoms with Crippen LogP contribution in [0.2, 0.25) is 0 Å². The van der Waals surface area contributed by atoms with Crippen LogP contribution in [0.5, 0.6) is 0 Å². The SMILES string of the molecule is CCC/C=C/C1COC(CCC2COC(c3ccc(C(F)(F)F)cc3)OC2)OC1. The maximum absolute atomic E-state index is 12.7. The van der Waals surface area contributed by atoms with Crippen molar-refractivity contribution in [2.24, 2.45) is 11.8 Å². The van der Waals surface area contributed by atoms with Crippen molar-refractivity contribution in [3.05, 3.63) is 47.5 Å². The average molecular weight is 414 g/mol. The Hall–Kier alpha value is -1.41. The smallest absolute Gasteiger partial charge is 0.352 e. The Morgan fingerprint density at radius 3 is 2.17 bits per heavy atom. The summed E-state index contributed by atoms with van der Waals surface area (Å²) < 4.78 is 61.0. The predicted molar refractivity (Wildman–Crippen MR) is 102 cm³/mol. The van der Waals surface area contributed by atoms with Gasteiger partial charge >= 0.3 is 6.18 Å². The second kappa shape index (κ2) is 10.6. The lowest BCUT2D eigenvalue weighted by atomic mass is 10.0. The lowest BCUT2D eigenvalue weighted by Gasteiger charge is -2.32. The van der Waals surface area contributed by atoms with E-state index in [0.29, 0.717) is 37.9 Å². The minimum atomic E-state index is -4.34. The van der Waals surface area contributed by atoms with Crippen LogP contribution in [0.25, 0.3) is 0 Å². The molecule has 0 spiro atoms. The molecule has 2 saturated heterocycles. The van der Waals surface area contributed by atoms with Crippen LogP contribution < -0.4 is 0 Å². The van der Waals surface area contributed by atoms with E-state index in [4.69, 9.17) is 18.9 Å². The summed E-state index contributed by atoms with van der Waals surface area (Å²) in [6.07, 6.45) is 3.03. The number of ether oxygens (including phenoxy) is 4. The molecule has 0 N–H and O–H groups in total. The Morgan fingerprint density at radius 2 is 1.59 bits per heavy atom. The number of rotatable bonds is 7. The lowest BCUT2D eigenvalue weighted by Crippen LogP contribution is -2.33. The largest absolute Gasteiger partial charge is 0.416 e.